The molecule has 3 atom stereocenters. The van der Waals surface area contributed by atoms with Crippen LogP contribution in [0.3, 0.4) is 0 Å². The Morgan fingerprint density at radius 2 is 1.82 bits per heavy atom. The molecule has 0 bridgehead atoms. The normalized spacial score (nSPS) is 21.6. The van der Waals surface area contributed by atoms with Gasteiger partial charge in [0, 0.05) is 25.6 Å². The van der Waals surface area contributed by atoms with Crippen LogP contribution in [-0.4, -0.2) is 74.7 Å². The molecule has 2 aliphatic rings. The lowest BCUT2D eigenvalue weighted by atomic mass is 9.89. The molecule has 10 heteroatoms. The van der Waals surface area contributed by atoms with Gasteiger partial charge in [0.25, 0.3) is 15.9 Å². The number of carbonyl (C=O) groups is 1. The maximum absolute atomic E-state index is 13.7. The number of hydrogen-bond donors (Lipinski definition) is 2. The van der Waals surface area contributed by atoms with Crippen LogP contribution in [0.15, 0.2) is 47.4 Å². The molecule has 214 valence electrons. The average Bonchev–Trinajstić information content (AvgIpc) is 2.91. The molecular weight excluding hydrogens is 521 g/mol. The Morgan fingerprint density at radius 3 is 2.49 bits per heavy atom. The first-order valence-electron chi connectivity index (χ1n) is 13.8. The molecule has 0 aromatic heterocycles. The summed E-state index contributed by atoms with van der Waals surface area (Å²) in [5, 5.41) is 9.90. The van der Waals surface area contributed by atoms with Crippen molar-refractivity contribution in [3.8, 4) is 5.75 Å². The van der Waals surface area contributed by atoms with E-state index in [1.165, 1.54) is 44.2 Å². The lowest BCUT2D eigenvalue weighted by Crippen LogP contribution is -2.50. The highest BCUT2D eigenvalue weighted by molar-refractivity contribution is 7.92. The van der Waals surface area contributed by atoms with Gasteiger partial charge in [0.1, 0.15) is 11.9 Å². The molecule has 0 unspecified atom stereocenters. The summed E-state index contributed by atoms with van der Waals surface area (Å²) >= 11 is 0. The number of ether oxygens (including phenoxy) is 1. The summed E-state index contributed by atoms with van der Waals surface area (Å²) in [5.74, 6) is -0.168. The van der Waals surface area contributed by atoms with E-state index >= 15 is 0 Å². The summed E-state index contributed by atoms with van der Waals surface area (Å²) in [6, 6.07) is 8.88. The first kappa shape index (κ1) is 29.3. The molecule has 0 spiro atoms. The highest BCUT2D eigenvalue weighted by atomic mass is 32.2. The number of benzene rings is 2. The monoisotopic (exact) mass is 561 g/mol. The Hall–Kier alpha value is -2.69. The minimum Gasteiger partial charge on any atom is -0.486 e. The van der Waals surface area contributed by atoms with Crippen LogP contribution >= 0.6 is 0 Å². The van der Waals surface area contributed by atoms with E-state index in [-0.39, 0.29) is 46.4 Å². The van der Waals surface area contributed by atoms with Crippen molar-refractivity contribution in [3.05, 3.63) is 53.8 Å². The van der Waals surface area contributed by atoms with Crippen LogP contribution in [0.25, 0.3) is 0 Å². The van der Waals surface area contributed by atoms with Crippen LogP contribution in [0.4, 0.5) is 10.1 Å². The lowest BCUT2D eigenvalue weighted by molar-refractivity contribution is 0.0333. The number of hydrogen-bond acceptors (Lipinski definition) is 6. The van der Waals surface area contributed by atoms with Gasteiger partial charge in [-0.2, -0.15) is 0 Å². The van der Waals surface area contributed by atoms with Crippen LogP contribution in [-0.2, 0) is 10.0 Å². The van der Waals surface area contributed by atoms with Gasteiger partial charge in [-0.05, 0) is 69.1 Å². The van der Waals surface area contributed by atoms with Gasteiger partial charge < -0.3 is 19.6 Å². The van der Waals surface area contributed by atoms with Crippen molar-refractivity contribution in [2.24, 2.45) is 11.8 Å². The average molecular weight is 562 g/mol. The zero-order chi connectivity index (χ0) is 28.2. The Labute approximate surface area is 231 Å². The quantitative estimate of drug-likeness (QED) is 0.472. The summed E-state index contributed by atoms with van der Waals surface area (Å²) in [5.41, 5.74) is 0.359. The maximum atomic E-state index is 13.7. The number of halogens is 1. The van der Waals surface area contributed by atoms with Crippen LogP contribution in [0, 0.1) is 17.7 Å². The van der Waals surface area contributed by atoms with Crippen molar-refractivity contribution >= 4 is 21.6 Å². The SMILES string of the molecule is C[C@@H]1CN([C@@H](C)CO)C(=O)c2cccc(NS(=O)(=O)c3ccc(F)cc3)c2O[C@H]1CN(C)CC1CCCCC1. The van der Waals surface area contributed by atoms with Gasteiger partial charge in [-0.15, -0.1) is 0 Å². The van der Waals surface area contributed by atoms with Crippen LogP contribution in [0.1, 0.15) is 56.3 Å². The number of amides is 1. The van der Waals surface area contributed by atoms with E-state index in [1.54, 1.807) is 30.0 Å². The van der Waals surface area contributed by atoms with Crippen LogP contribution in [0.2, 0.25) is 0 Å². The summed E-state index contributed by atoms with van der Waals surface area (Å²) in [6.45, 7) is 5.56. The number of likely N-dealkylation sites (N-methyl/N-ethyl adjacent to an activating group) is 1. The molecule has 0 saturated heterocycles. The molecule has 0 radical (unpaired) electrons. The maximum Gasteiger partial charge on any atom is 0.262 e. The predicted octanol–water partition coefficient (Wildman–Crippen LogP) is 4.36. The molecule has 2 N–H and O–H groups in total. The highest BCUT2D eigenvalue weighted by Gasteiger charge is 2.35. The summed E-state index contributed by atoms with van der Waals surface area (Å²) in [4.78, 5) is 17.5. The summed E-state index contributed by atoms with van der Waals surface area (Å²) in [7, 11) is -2.01. The number of nitrogens with zero attached hydrogens (tertiary/aromatic N) is 2. The third-order valence-electron chi connectivity index (χ3n) is 7.85. The fourth-order valence-electron chi connectivity index (χ4n) is 5.55. The third-order valence-corrected chi connectivity index (χ3v) is 9.23. The number of aliphatic hydroxyl groups excluding tert-OH is 1. The Bertz CT molecular complexity index is 1230. The summed E-state index contributed by atoms with van der Waals surface area (Å²) in [6.07, 6.45) is 5.92. The fraction of sp³-hybridized carbons (Fsp3) is 0.552. The minimum absolute atomic E-state index is 0.0910. The molecular formula is C29H40FN3O5S. The second-order valence-electron chi connectivity index (χ2n) is 11.1. The minimum atomic E-state index is -4.08. The number of fused-ring (bicyclic) bond motifs is 1. The van der Waals surface area contributed by atoms with Gasteiger partial charge in [-0.3, -0.25) is 9.52 Å². The molecule has 4 rings (SSSR count). The molecule has 1 aliphatic heterocycles. The van der Waals surface area contributed by atoms with Gasteiger partial charge in [0.15, 0.2) is 5.75 Å². The second-order valence-corrected chi connectivity index (χ2v) is 12.8. The smallest absolute Gasteiger partial charge is 0.262 e. The van der Waals surface area contributed by atoms with Crippen LogP contribution < -0.4 is 9.46 Å². The van der Waals surface area contributed by atoms with Crippen molar-refractivity contribution in [1.29, 1.82) is 0 Å². The molecule has 39 heavy (non-hydrogen) atoms. The fourth-order valence-corrected chi connectivity index (χ4v) is 6.61. The largest absolute Gasteiger partial charge is 0.486 e. The van der Waals surface area contributed by atoms with Crippen molar-refractivity contribution in [3.63, 3.8) is 0 Å². The van der Waals surface area contributed by atoms with Crippen molar-refractivity contribution in [2.45, 2.75) is 63.0 Å². The number of anilines is 1. The standard InChI is InChI=1S/C29H40FN3O5S/c1-20-16-33(21(2)19-34)29(35)25-10-7-11-26(31-39(36,37)24-14-12-23(30)13-15-24)28(25)38-27(20)18-32(3)17-22-8-5-4-6-9-22/h7,10-15,20-22,27,31,34H,4-6,8-9,16-19H2,1-3H3/t20-,21+,27+/m1/s1. The molecule has 8 nitrogen and oxygen atoms in total. The topological polar surface area (TPSA) is 99.2 Å². The molecule has 1 aliphatic carbocycles. The molecule has 1 amide bonds. The zero-order valence-electron chi connectivity index (χ0n) is 23.0. The van der Waals surface area contributed by atoms with E-state index in [9.17, 15) is 22.7 Å². The first-order valence-corrected chi connectivity index (χ1v) is 15.3. The predicted molar refractivity (Wildman–Crippen MR) is 149 cm³/mol. The highest BCUT2D eigenvalue weighted by Crippen LogP contribution is 2.36. The Kier molecular flexibility index (Phi) is 9.51. The van der Waals surface area contributed by atoms with Crippen molar-refractivity contribution in [1.82, 2.24) is 9.80 Å². The number of rotatable bonds is 9. The third kappa shape index (κ3) is 7.10. The van der Waals surface area contributed by atoms with E-state index in [2.05, 4.69) is 16.7 Å². The molecule has 1 fully saturated rings. The lowest BCUT2D eigenvalue weighted by Gasteiger charge is -2.39. The Balaban J connectivity index is 1.68. The summed E-state index contributed by atoms with van der Waals surface area (Å²) < 4.78 is 48.9. The van der Waals surface area contributed by atoms with E-state index in [4.69, 9.17) is 4.74 Å². The number of para-hydroxylation sites is 1. The van der Waals surface area contributed by atoms with Gasteiger partial charge in [-0.25, -0.2) is 12.8 Å². The van der Waals surface area contributed by atoms with Gasteiger partial charge in [0.05, 0.1) is 28.8 Å². The van der Waals surface area contributed by atoms with Gasteiger partial charge >= 0.3 is 0 Å². The zero-order valence-corrected chi connectivity index (χ0v) is 23.8. The Morgan fingerprint density at radius 1 is 1.13 bits per heavy atom. The van der Waals surface area contributed by atoms with E-state index in [0.717, 1.165) is 18.7 Å². The number of carbonyl (C=O) groups excluding carboxylic acids is 1. The van der Waals surface area contributed by atoms with Crippen molar-refractivity contribution in [2.75, 3.05) is 38.0 Å². The molecule has 1 heterocycles. The molecule has 2 aromatic carbocycles. The molecule has 1 saturated carbocycles. The number of sulfonamides is 1. The number of aliphatic hydroxyl groups is 1. The van der Waals surface area contributed by atoms with Crippen LogP contribution in [0.5, 0.6) is 5.75 Å². The number of nitrogens with one attached hydrogen (secondary N) is 1. The van der Waals surface area contributed by atoms with Gasteiger partial charge in [-0.1, -0.05) is 32.3 Å². The van der Waals surface area contributed by atoms with E-state index in [1.807, 2.05) is 6.92 Å². The van der Waals surface area contributed by atoms with E-state index in [0.29, 0.717) is 19.0 Å². The molecule has 2 aromatic rings. The van der Waals surface area contributed by atoms with Gasteiger partial charge in [0.2, 0.25) is 0 Å². The van der Waals surface area contributed by atoms with Crippen molar-refractivity contribution < 1.29 is 27.4 Å². The van der Waals surface area contributed by atoms with E-state index < -0.39 is 21.9 Å². The first-order chi connectivity index (χ1) is 18.6. The second kappa shape index (κ2) is 12.7.